The number of aliphatic hydroxyl groups is 1. The van der Waals surface area contributed by atoms with Gasteiger partial charge in [-0.3, -0.25) is 4.57 Å². The molecule has 2 rings (SSSR count). The van der Waals surface area contributed by atoms with Crippen LogP contribution in [-0.4, -0.2) is 19.8 Å². The van der Waals surface area contributed by atoms with Crippen molar-refractivity contribution < 1.29 is 5.11 Å². The first-order valence-electron chi connectivity index (χ1n) is 3.54. The molecular weight excluding hydrogens is 160 g/mol. The number of hydrogen-bond donors (Lipinski definition) is 1. The lowest BCUT2D eigenvalue weighted by molar-refractivity contribution is 0.536. The van der Waals surface area contributed by atoms with Gasteiger partial charge in [0, 0.05) is 17.8 Å². The zero-order chi connectivity index (χ0) is 7.84. The second-order valence-corrected chi connectivity index (χ2v) is 3.11. The van der Waals surface area contributed by atoms with Crippen LogP contribution in [0, 0.1) is 0 Å². The smallest absolute Gasteiger partial charge is 0.266 e. The van der Waals surface area contributed by atoms with E-state index in [1.807, 2.05) is 0 Å². The van der Waals surface area contributed by atoms with Crippen LogP contribution in [0.2, 0.25) is 0 Å². The number of aliphatic hydroxyl groups excluding tert-OH is 1. The maximum Gasteiger partial charge on any atom is 0.266 e. The van der Waals surface area contributed by atoms with Crippen molar-refractivity contribution in [1.29, 1.82) is 0 Å². The molecule has 1 aliphatic carbocycles. The van der Waals surface area contributed by atoms with Crippen LogP contribution in [0.15, 0.2) is 12.5 Å². The molecule has 0 unspecified atom stereocenters. The van der Waals surface area contributed by atoms with Crippen LogP contribution in [0.3, 0.4) is 0 Å². The quantitative estimate of drug-likeness (QED) is 0.645. The van der Waals surface area contributed by atoms with E-state index in [1.165, 1.54) is 12.8 Å². The van der Waals surface area contributed by atoms with Crippen molar-refractivity contribution in [1.82, 2.24) is 9.55 Å². The summed E-state index contributed by atoms with van der Waals surface area (Å²) in [6.07, 6.45) is 5.69. The van der Waals surface area contributed by atoms with Gasteiger partial charge in [-0.2, -0.15) is 0 Å². The Morgan fingerprint density at radius 3 is 3.00 bits per heavy atom. The summed E-state index contributed by atoms with van der Waals surface area (Å²) in [4.78, 5) is 3.92. The lowest BCUT2D eigenvalue weighted by atomic mass is 10.3. The molecule has 0 spiro atoms. The van der Waals surface area contributed by atoms with Crippen molar-refractivity contribution in [3.05, 3.63) is 18.2 Å². The molecule has 11 heavy (non-hydrogen) atoms. The fourth-order valence-electron chi connectivity index (χ4n) is 1.15. The van der Waals surface area contributed by atoms with Gasteiger partial charge in [0.25, 0.3) is 5.17 Å². The maximum atomic E-state index is 9.02. The highest BCUT2D eigenvalue weighted by atomic mass is 32.1. The van der Waals surface area contributed by atoms with Gasteiger partial charge in [-0.1, -0.05) is 0 Å². The van der Waals surface area contributed by atoms with Crippen LogP contribution < -0.4 is 0 Å². The number of rotatable bonds is 1. The van der Waals surface area contributed by atoms with Crippen molar-refractivity contribution in [3.8, 4) is 0 Å². The summed E-state index contributed by atoms with van der Waals surface area (Å²) in [5, 5.41) is 8.92. The fourth-order valence-corrected chi connectivity index (χ4v) is 1.30. The first kappa shape index (κ1) is 6.79. The topological polar surface area (TPSA) is 38.0 Å². The third-order valence-electron chi connectivity index (χ3n) is 1.87. The normalized spacial score (nSPS) is 16.7. The van der Waals surface area contributed by atoms with Crippen LogP contribution >= 0.6 is 12.2 Å². The van der Waals surface area contributed by atoms with E-state index in [0.717, 1.165) is 5.69 Å². The minimum absolute atomic E-state index is 0.107. The van der Waals surface area contributed by atoms with E-state index < -0.39 is 0 Å². The molecule has 4 heteroatoms. The zero-order valence-electron chi connectivity index (χ0n) is 5.90. The largest absolute Gasteiger partial charge is 0.486 e. The summed E-state index contributed by atoms with van der Waals surface area (Å²) in [7, 11) is 0. The SMILES string of the molecule is OC(=S)n1cncc1C1CC1. The Morgan fingerprint density at radius 2 is 2.45 bits per heavy atom. The number of nitrogens with zero attached hydrogens (tertiary/aromatic N) is 2. The molecule has 0 bridgehead atoms. The Hall–Kier alpha value is -0.900. The lowest BCUT2D eigenvalue weighted by Gasteiger charge is -2.00. The molecule has 1 fully saturated rings. The highest BCUT2D eigenvalue weighted by Crippen LogP contribution is 2.39. The Balaban J connectivity index is 2.37. The Kier molecular flexibility index (Phi) is 1.42. The third kappa shape index (κ3) is 1.14. The van der Waals surface area contributed by atoms with E-state index in [9.17, 15) is 0 Å². The van der Waals surface area contributed by atoms with Gasteiger partial charge in [0.2, 0.25) is 0 Å². The van der Waals surface area contributed by atoms with Crippen molar-refractivity contribution in [2.45, 2.75) is 18.8 Å². The monoisotopic (exact) mass is 168 g/mol. The first-order chi connectivity index (χ1) is 5.29. The van der Waals surface area contributed by atoms with E-state index in [0.29, 0.717) is 5.92 Å². The summed E-state index contributed by atoms with van der Waals surface area (Å²) in [5.41, 5.74) is 1.04. The van der Waals surface area contributed by atoms with Gasteiger partial charge >= 0.3 is 0 Å². The van der Waals surface area contributed by atoms with Gasteiger partial charge in [-0.15, -0.1) is 0 Å². The molecule has 0 aliphatic heterocycles. The average molecular weight is 168 g/mol. The Labute approximate surface area is 69.7 Å². The number of imidazole rings is 1. The van der Waals surface area contributed by atoms with E-state index in [2.05, 4.69) is 17.2 Å². The summed E-state index contributed by atoms with van der Waals surface area (Å²) in [6, 6.07) is 0. The van der Waals surface area contributed by atoms with Crippen LogP contribution in [0.4, 0.5) is 0 Å². The predicted octanol–water partition coefficient (Wildman–Crippen LogP) is 1.45. The van der Waals surface area contributed by atoms with Crippen molar-refractivity contribution in [2.75, 3.05) is 0 Å². The average Bonchev–Trinajstić information content (AvgIpc) is 2.68. The maximum absolute atomic E-state index is 9.02. The molecule has 1 N–H and O–H groups in total. The highest BCUT2D eigenvalue weighted by molar-refractivity contribution is 7.79. The molecule has 0 saturated heterocycles. The minimum Gasteiger partial charge on any atom is -0.486 e. The van der Waals surface area contributed by atoms with Gasteiger partial charge in [-0.25, -0.2) is 4.98 Å². The summed E-state index contributed by atoms with van der Waals surface area (Å²) < 4.78 is 1.56. The molecule has 0 atom stereocenters. The fraction of sp³-hybridized carbons (Fsp3) is 0.429. The molecule has 0 amide bonds. The number of aromatic nitrogens is 2. The molecule has 3 nitrogen and oxygen atoms in total. The highest BCUT2D eigenvalue weighted by Gasteiger charge is 2.27. The van der Waals surface area contributed by atoms with Crippen molar-refractivity contribution in [3.63, 3.8) is 0 Å². The molecule has 1 aromatic rings. The first-order valence-corrected chi connectivity index (χ1v) is 3.95. The minimum atomic E-state index is -0.107. The standard InChI is InChI=1S/C7H8N2OS/c10-7(11)9-4-8-3-6(9)5-1-2-5/h3-5H,1-2H2,(H,10,11). The second kappa shape index (κ2) is 2.30. The Morgan fingerprint density at radius 1 is 1.73 bits per heavy atom. The van der Waals surface area contributed by atoms with Crippen molar-refractivity contribution in [2.24, 2.45) is 0 Å². The molecular formula is C7H8N2OS. The zero-order valence-corrected chi connectivity index (χ0v) is 6.71. The molecule has 1 saturated carbocycles. The van der Waals surface area contributed by atoms with Crippen molar-refractivity contribution >= 4 is 17.4 Å². The number of hydrogen-bond acceptors (Lipinski definition) is 2. The number of thiocarbonyl (C=S) groups is 1. The molecule has 1 aromatic heterocycles. The lowest BCUT2D eigenvalue weighted by Crippen LogP contribution is -2.08. The molecule has 0 radical (unpaired) electrons. The van der Waals surface area contributed by atoms with Gasteiger partial charge in [-0.05, 0) is 25.1 Å². The molecule has 1 aliphatic rings. The summed E-state index contributed by atoms with van der Waals surface area (Å²) in [6.45, 7) is 0. The van der Waals surface area contributed by atoms with Crippen LogP contribution in [0.25, 0.3) is 0 Å². The van der Waals surface area contributed by atoms with Gasteiger partial charge in [0.15, 0.2) is 0 Å². The molecule has 0 aromatic carbocycles. The van der Waals surface area contributed by atoms with E-state index in [1.54, 1.807) is 17.1 Å². The van der Waals surface area contributed by atoms with Crippen LogP contribution in [0.5, 0.6) is 0 Å². The van der Waals surface area contributed by atoms with Crippen LogP contribution in [-0.2, 0) is 0 Å². The third-order valence-corrected chi connectivity index (χ3v) is 2.07. The molecule has 1 heterocycles. The Bertz CT molecular complexity index is 290. The summed E-state index contributed by atoms with van der Waals surface area (Å²) in [5.74, 6) is 0.572. The molecule has 58 valence electrons. The van der Waals surface area contributed by atoms with Gasteiger partial charge in [0.05, 0.1) is 0 Å². The van der Waals surface area contributed by atoms with Crippen LogP contribution in [0.1, 0.15) is 24.5 Å². The van der Waals surface area contributed by atoms with E-state index in [4.69, 9.17) is 5.11 Å². The summed E-state index contributed by atoms with van der Waals surface area (Å²) >= 11 is 4.63. The predicted molar refractivity (Wildman–Crippen MR) is 44.8 cm³/mol. The van der Waals surface area contributed by atoms with Gasteiger partial charge in [0.1, 0.15) is 6.33 Å². The van der Waals surface area contributed by atoms with E-state index in [-0.39, 0.29) is 5.17 Å². The van der Waals surface area contributed by atoms with E-state index >= 15 is 0 Å². The van der Waals surface area contributed by atoms with Gasteiger partial charge < -0.3 is 5.11 Å². The second-order valence-electron chi connectivity index (χ2n) is 2.75.